The summed E-state index contributed by atoms with van der Waals surface area (Å²) in [5.74, 6) is 1.01. The monoisotopic (exact) mass is 312 g/mol. The average molecular weight is 313 g/mol. The molecule has 1 unspecified atom stereocenters. The minimum Gasteiger partial charge on any atom is -0.397 e. The molecule has 1 aliphatic rings. The molecule has 0 spiro atoms. The SMILES string of the molecule is CCC(C)N1CCN(c2ncc(N)cc2Br)CC1. The third-order valence-corrected chi connectivity index (χ3v) is 4.25. The lowest BCUT2D eigenvalue weighted by molar-refractivity contribution is 0.192. The number of rotatable bonds is 3. The topological polar surface area (TPSA) is 45.4 Å². The fourth-order valence-corrected chi connectivity index (χ4v) is 2.93. The summed E-state index contributed by atoms with van der Waals surface area (Å²) in [6, 6.07) is 2.60. The number of halogens is 1. The number of hydrogen-bond donors (Lipinski definition) is 1. The Morgan fingerprint density at radius 2 is 2.06 bits per heavy atom. The molecule has 1 aromatic heterocycles. The van der Waals surface area contributed by atoms with Crippen molar-refractivity contribution in [2.75, 3.05) is 36.8 Å². The van der Waals surface area contributed by atoms with Crippen LogP contribution in [0.15, 0.2) is 16.7 Å². The Morgan fingerprint density at radius 3 is 2.61 bits per heavy atom. The van der Waals surface area contributed by atoms with Crippen molar-refractivity contribution in [2.24, 2.45) is 0 Å². The third kappa shape index (κ3) is 2.95. The Kier molecular flexibility index (Phi) is 4.45. The summed E-state index contributed by atoms with van der Waals surface area (Å²) in [6.45, 7) is 8.81. The Hall–Kier alpha value is -0.810. The normalized spacial score (nSPS) is 18.9. The van der Waals surface area contributed by atoms with Gasteiger partial charge in [0.1, 0.15) is 5.82 Å². The lowest BCUT2D eigenvalue weighted by atomic mass is 10.2. The van der Waals surface area contributed by atoms with Crippen LogP contribution in [0, 0.1) is 0 Å². The molecule has 0 radical (unpaired) electrons. The van der Waals surface area contributed by atoms with Gasteiger partial charge in [0.25, 0.3) is 0 Å². The second-order valence-corrected chi connectivity index (χ2v) is 5.71. The van der Waals surface area contributed by atoms with Gasteiger partial charge in [0.2, 0.25) is 0 Å². The van der Waals surface area contributed by atoms with Crippen LogP contribution in [0.3, 0.4) is 0 Å². The van der Waals surface area contributed by atoms with E-state index in [1.54, 1.807) is 6.20 Å². The minimum absolute atomic E-state index is 0.676. The van der Waals surface area contributed by atoms with Crippen molar-refractivity contribution < 1.29 is 0 Å². The van der Waals surface area contributed by atoms with Gasteiger partial charge >= 0.3 is 0 Å². The van der Waals surface area contributed by atoms with Crippen LogP contribution in [0.5, 0.6) is 0 Å². The van der Waals surface area contributed by atoms with Gasteiger partial charge in [-0.3, -0.25) is 4.90 Å². The lowest BCUT2D eigenvalue weighted by Gasteiger charge is -2.38. The molecular formula is C13H21BrN4. The molecule has 0 aliphatic carbocycles. The molecule has 0 bridgehead atoms. The van der Waals surface area contributed by atoms with Crippen molar-refractivity contribution in [2.45, 2.75) is 26.3 Å². The van der Waals surface area contributed by atoms with Gasteiger partial charge in [-0.05, 0) is 35.3 Å². The van der Waals surface area contributed by atoms with Gasteiger partial charge in [-0.1, -0.05) is 6.92 Å². The molecule has 0 aromatic carbocycles. The zero-order chi connectivity index (χ0) is 13.1. The average Bonchev–Trinajstić information content (AvgIpc) is 2.38. The standard InChI is InChI=1S/C13H21BrN4/c1-3-10(2)17-4-6-18(7-5-17)13-12(14)8-11(15)9-16-13/h8-10H,3-7,15H2,1-2H3. The molecule has 100 valence electrons. The number of hydrogen-bond acceptors (Lipinski definition) is 4. The second kappa shape index (κ2) is 5.89. The Labute approximate surface area is 117 Å². The van der Waals surface area contributed by atoms with Gasteiger partial charge in [-0.15, -0.1) is 0 Å². The summed E-state index contributed by atoms with van der Waals surface area (Å²) in [4.78, 5) is 9.29. The molecule has 4 nitrogen and oxygen atoms in total. The summed E-state index contributed by atoms with van der Waals surface area (Å²) in [5.41, 5.74) is 6.42. The zero-order valence-electron chi connectivity index (χ0n) is 11.1. The van der Waals surface area contributed by atoms with Crippen LogP contribution in [-0.4, -0.2) is 42.1 Å². The largest absolute Gasteiger partial charge is 0.397 e. The second-order valence-electron chi connectivity index (χ2n) is 4.85. The number of piperazine rings is 1. The number of aromatic nitrogens is 1. The van der Waals surface area contributed by atoms with E-state index in [2.05, 4.69) is 44.6 Å². The fraction of sp³-hybridized carbons (Fsp3) is 0.615. The van der Waals surface area contributed by atoms with Crippen molar-refractivity contribution >= 4 is 27.4 Å². The molecule has 1 atom stereocenters. The maximum absolute atomic E-state index is 5.72. The summed E-state index contributed by atoms with van der Waals surface area (Å²) in [5, 5.41) is 0. The van der Waals surface area contributed by atoms with E-state index in [9.17, 15) is 0 Å². The van der Waals surface area contributed by atoms with E-state index in [0.717, 1.165) is 36.5 Å². The molecule has 0 amide bonds. The van der Waals surface area contributed by atoms with Crippen LogP contribution in [-0.2, 0) is 0 Å². The summed E-state index contributed by atoms with van der Waals surface area (Å²) in [7, 11) is 0. The Bertz CT molecular complexity index is 402. The predicted octanol–water partition coefficient (Wildman–Crippen LogP) is 2.35. The highest BCUT2D eigenvalue weighted by atomic mass is 79.9. The van der Waals surface area contributed by atoms with E-state index in [1.165, 1.54) is 6.42 Å². The molecule has 1 aliphatic heterocycles. The molecule has 0 saturated carbocycles. The molecule has 1 aromatic rings. The van der Waals surface area contributed by atoms with Crippen molar-refractivity contribution in [3.8, 4) is 0 Å². The molecule has 2 N–H and O–H groups in total. The highest BCUT2D eigenvalue weighted by Crippen LogP contribution is 2.26. The molecule has 1 saturated heterocycles. The first kappa shape index (κ1) is 13.6. The van der Waals surface area contributed by atoms with Crippen LogP contribution in [0.25, 0.3) is 0 Å². The number of anilines is 2. The molecule has 5 heteroatoms. The van der Waals surface area contributed by atoms with Crippen molar-refractivity contribution in [3.63, 3.8) is 0 Å². The van der Waals surface area contributed by atoms with Gasteiger partial charge in [0.15, 0.2) is 0 Å². The molecule has 18 heavy (non-hydrogen) atoms. The summed E-state index contributed by atoms with van der Waals surface area (Å²) >= 11 is 3.54. The predicted molar refractivity (Wildman–Crippen MR) is 79.9 cm³/mol. The molecule has 1 fully saturated rings. The first-order valence-electron chi connectivity index (χ1n) is 6.51. The molecular weight excluding hydrogens is 292 g/mol. The van der Waals surface area contributed by atoms with E-state index in [1.807, 2.05) is 6.07 Å². The number of nitrogens with zero attached hydrogens (tertiary/aromatic N) is 3. The van der Waals surface area contributed by atoms with E-state index in [-0.39, 0.29) is 0 Å². The van der Waals surface area contributed by atoms with Crippen LogP contribution >= 0.6 is 15.9 Å². The summed E-state index contributed by atoms with van der Waals surface area (Å²) in [6.07, 6.45) is 2.94. The molecule has 2 heterocycles. The fourth-order valence-electron chi connectivity index (χ4n) is 2.31. The lowest BCUT2D eigenvalue weighted by Crippen LogP contribution is -2.49. The quantitative estimate of drug-likeness (QED) is 0.930. The van der Waals surface area contributed by atoms with E-state index >= 15 is 0 Å². The van der Waals surface area contributed by atoms with Crippen LogP contribution < -0.4 is 10.6 Å². The zero-order valence-corrected chi connectivity index (χ0v) is 12.7. The van der Waals surface area contributed by atoms with E-state index < -0.39 is 0 Å². The third-order valence-electron chi connectivity index (χ3n) is 3.67. The van der Waals surface area contributed by atoms with E-state index in [4.69, 9.17) is 5.73 Å². The van der Waals surface area contributed by atoms with Gasteiger partial charge in [-0.2, -0.15) is 0 Å². The maximum atomic E-state index is 5.72. The minimum atomic E-state index is 0.676. The first-order valence-corrected chi connectivity index (χ1v) is 7.31. The van der Waals surface area contributed by atoms with Crippen molar-refractivity contribution in [1.29, 1.82) is 0 Å². The number of nitrogen functional groups attached to an aromatic ring is 1. The Morgan fingerprint density at radius 1 is 1.39 bits per heavy atom. The highest BCUT2D eigenvalue weighted by molar-refractivity contribution is 9.10. The van der Waals surface area contributed by atoms with Crippen molar-refractivity contribution in [1.82, 2.24) is 9.88 Å². The molecule has 2 rings (SSSR count). The van der Waals surface area contributed by atoms with Crippen molar-refractivity contribution in [3.05, 3.63) is 16.7 Å². The van der Waals surface area contributed by atoms with Crippen LogP contribution in [0.2, 0.25) is 0 Å². The van der Waals surface area contributed by atoms with Gasteiger partial charge in [-0.25, -0.2) is 4.98 Å². The first-order chi connectivity index (χ1) is 8.61. The van der Waals surface area contributed by atoms with Crippen LogP contribution in [0.1, 0.15) is 20.3 Å². The van der Waals surface area contributed by atoms with Crippen LogP contribution in [0.4, 0.5) is 11.5 Å². The number of pyridine rings is 1. The smallest absolute Gasteiger partial charge is 0.143 e. The summed E-state index contributed by atoms with van der Waals surface area (Å²) < 4.78 is 0.986. The van der Waals surface area contributed by atoms with Gasteiger partial charge in [0, 0.05) is 32.2 Å². The van der Waals surface area contributed by atoms with E-state index in [0.29, 0.717) is 11.7 Å². The maximum Gasteiger partial charge on any atom is 0.143 e. The van der Waals surface area contributed by atoms with Gasteiger partial charge < -0.3 is 10.6 Å². The Balaban J connectivity index is 2.01. The van der Waals surface area contributed by atoms with Gasteiger partial charge in [0.05, 0.1) is 16.4 Å². The number of nitrogens with two attached hydrogens (primary N) is 1. The highest BCUT2D eigenvalue weighted by Gasteiger charge is 2.22.